The quantitative estimate of drug-likeness (QED) is 0.498. The molecule has 3 heterocycles. The van der Waals surface area contributed by atoms with Crippen molar-refractivity contribution in [1.82, 2.24) is 20.2 Å². The van der Waals surface area contributed by atoms with Crippen molar-refractivity contribution in [3.8, 4) is 11.3 Å². The third-order valence-electron chi connectivity index (χ3n) is 5.18. The number of aromatic amines is 1. The maximum atomic E-state index is 6.15. The van der Waals surface area contributed by atoms with Crippen LogP contribution < -0.4 is 5.73 Å². The van der Waals surface area contributed by atoms with Crippen molar-refractivity contribution in [2.24, 2.45) is 5.73 Å². The molecule has 5 nitrogen and oxygen atoms in total. The fourth-order valence-corrected chi connectivity index (χ4v) is 3.70. The highest BCUT2D eigenvalue weighted by Gasteiger charge is 2.17. The van der Waals surface area contributed by atoms with Crippen LogP contribution in [0.15, 0.2) is 79.1 Å². The molecule has 0 fully saturated rings. The molecule has 1 atom stereocenters. The number of pyridine rings is 2. The van der Waals surface area contributed by atoms with Gasteiger partial charge in [-0.2, -0.15) is 5.10 Å². The highest BCUT2D eigenvalue weighted by atomic mass is 15.1. The van der Waals surface area contributed by atoms with Crippen molar-refractivity contribution in [3.05, 3.63) is 90.4 Å². The predicted molar refractivity (Wildman–Crippen MR) is 112 cm³/mol. The maximum absolute atomic E-state index is 6.15. The summed E-state index contributed by atoms with van der Waals surface area (Å²) in [4.78, 5) is 8.89. The molecule has 1 unspecified atom stereocenters. The van der Waals surface area contributed by atoms with E-state index in [1.807, 2.05) is 12.1 Å². The first-order valence-electron chi connectivity index (χ1n) is 9.27. The summed E-state index contributed by atoms with van der Waals surface area (Å²) < 4.78 is 0. The summed E-state index contributed by atoms with van der Waals surface area (Å²) in [7, 11) is 0. The molecule has 0 aliphatic carbocycles. The van der Waals surface area contributed by atoms with Gasteiger partial charge in [0, 0.05) is 35.8 Å². The number of nitrogens with two attached hydrogens (primary N) is 1. The zero-order valence-electron chi connectivity index (χ0n) is 15.2. The van der Waals surface area contributed by atoms with Crippen LogP contribution in [0.3, 0.4) is 0 Å². The standard InChI is InChI=1S/C23H19N5/c24-14-20(18-6-5-15-3-1-2-4-17(15)13-18)21-8-7-19-22(27-28-23(19)26-21)16-9-11-25-12-10-16/h1-13,20H,14,24H2,(H,26,27,28). The van der Waals surface area contributed by atoms with Crippen LogP contribution in [0.2, 0.25) is 0 Å². The van der Waals surface area contributed by atoms with Gasteiger partial charge in [-0.1, -0.05) is 42.5 Å². The van der Waals surface area contributed by atoms with Crippen molar-refractivity contribution in [2.75, 3.05) is 6.54 Å². The first-order valence-corrected chi connectivity index (χ1v) is 9.27. The monoisotopic (exact) mass is 365 g/mol. The van der Waals surface area contributed by atoms with E-state index in [2.05, 4.69) is 69.8 Å². The minimum absolute atomic E-state index is 0.0232. The van der Waals surface area contributed by atoms with Crippen molar-refractivity contribution >= 4 is 21.8 Å². The highest BCUT2D eigenvalue weighted by molar-refractivity contribution is 5.90. The molecule has 5 heteroatoms. The van der Waals surface area contributed by atoms with Gasteiger partial charge in [-0.15, -0.1) is 0 Å². The molecule has 28 heavy (non-hydrogen) atoms. The zero-order chi connectivity index (χ0) is 18.9. The number of aromatic nitrogens is 4. The summed E-state index contributed by atoms with van der Waals surface area (Å²) in [5.74, 6) is 0.0232. The Bertz CT molecular complexity index is 1260. The van der Waals surface area contributed by atoms with E-state index in [-0.39, 0.29) is 5.92 Å². The molecule has 2 aromatic carbocycles. The number of hydrogen-bond donors (Lipinski definition) is 2. The van der Waals surface area contributed by atoms with Gasteiger partial charge in [-0.3, -0.25) is 10.1 Å². The number of rotatable bonds is 4. The molecule has 0 aliphatic heterocycles. The van der Waals surface area contributed by atoms with E-state index in [0.717, 1.165) is 27.9 Å². The number of hydrogen-bond acceptors (Lipinski definition) is 4. The number of H-pyrrole nitrogens is 1. The Morgan fingerprint density at radius 3 is 2.54 bits per heavy atom. The van der Waals surface area contributed by atoms with E-state index in [0.29, 0.717) is 12.2 Å². The third kappa shape index (κ3) is 2.82. The Hall–Kier alpha value is -3.57. The number of nitrogens with zero attached hydrogens (tertiary/aromatic N) is 3. The lowest BCUT2D eigenvalue weighted by molar-refractivity contribution is 0.792. The minimum Gasteiger partial charge on any atom is -0.329 e. The van der Waals surface area contributed by atoms with Gasteiger partial charge >= 0.3 is 0 Å². The van der Waals surface area contributed by atoms with Gasteiger partial charge in [0.1, 0.15) is 0 Å². The summed E-state index contributed by atoms with van der Waals surface area (Å²) in [6, 6.07) is 22.9. The van der Waals surface area contributed by atoms with Crippen molar-refractivity contribution < 1.29 is 0 Å². The summed E-state index contributed by atoms with van der Waals surface area (Å²) in [6.07, 6.45) is 3.54. The molecule has 3 N–H and O–H groups in total. The largest absolute Gasteiger partial charge is 0.329 e. The normalized spacial score (nSPS) is 12.5. The molecule has 0 bridgehead atoms. The molecule has 0 radical (unpaired) electrons. The van der Waals surface area contributed by atoms with Crippen LogP contribution in [0, 0.1) is 0 Å². The summed E-state index contributed by atoms with van der Waals surface area (Å²) in [5, 5.41) is 10.9. The molecule has 5 rings (SSSR count). The van der Waals surface area contributed by atoms with Crippen molar-refractivity contribution in [2.45, 2.75) is 5.92 Å². The predicted octanol–water partition coefficient (Wildman–Crippen LogP) is 4.26. The van der Waals surface area contributed by atoms with Gasteiger partial charge < -0.3 is 5.73 Å². The summed E-state index contributed by atoms with van der Waals surface area (Å²) >= 11 is 0. The van der Waals surface area contributed by atoms with Crippen LogP contribution >= 0.6 is 0 Å². The van der Waals surface area contributed by atoms with Crippen LogP contribution in [0.25, 0.3) is 33.1 Å². The molecule has 3 aromatic heterocycles. The van der Waals surface area contributed by atoms with E-state index in [1.165, 1.54) is 10.8 Å². The lowest BCUT2D eigenvalue weighted by Crippen LogP contribution is -2.15. The Labute approximate surface area is 162 Å². The van der Waals surface area contributed by atoms with Gasteiger partial charge in [0.05, 0.1) is 11.4 Å². The molecule has 0 amide bonds. The maximum Gasteiger partial charge on any atom is 0.181 e. The zero-order valence-corrected chi connectivity index (χ0v) is 15.2. The van der Waals surface area contributed by atoms with Crippen LogP contribution in [0.5, 0.6) is 0 Å². The van der Waals surface area contributed by atoms with Gasteiger partial charge in [0.2, 0.25) is 0 Å². The molecule has 0 saturated heterocycles. The van der Waals surface area contributed by atoms with Crippen LogP contribution in [0.1, 0.15) is 17.2 Å². The molecule has 0 aliphatic rings. The summed E-state index contributed by atoms with van der Waals surface area (Å²) in [6.45, 7) is 0.485. The second-order valence-corrected chi connectivity index (χ2v) is 6.84. The Morgan fingerprint density at radius 1 is 0.893 bits per heavy atom. The first kappa shape index (κ1) is 16.6. The topological polar surface area (TPSA) is 80.5 Å². The van der Waals surface area contributed by atoms with Gasteiger partial charge in [-0.05, 0) is 40.6 Å². The first-order chi connectivity index (χ1) is 13.8. The van der Waals surface area contributed by atoms with Gasteiger partial charge in [-0.25, -0.2) is 4.98 Å². The Kier molecular flexibility index (Phi) is 4.07. The number of fused-ring (bicyclic) bond motifs is 2. The third-order valence-corrected chi connectivity index (χ3v) is 5.18. The molecule has 5 aromatic rings. The van der Waals surface area contributed by atoms with E-state index < -0.39 is 0 Å². The Balaban J connectivity index is 1.57. The average molecular weight is 365 g/mol. The van der Waals surface area contributed by atoms with Gasteiger partial charge in [0.25, 0.3) is 0 Å². The van der Waals surface area contributed by atoms with Gasteiger partial charge in [0.15, 0.2) is 5.65 Å². The van der Waals surface area contributed by atoms with Crippen LogP contribution in [0.4, 0.5) is 0 Å². The minimum atomic E-state index is 0.0232. The highest BCUT2D eigenvalue weighted by Crippen LogP contribution is 2.29. The molecule has 0 saturated carbocycles. The molecule has 136 valence electrons. The lowest BCUT2D eigenvalue weighted by atomic mass is 9.93. The van der Waals surface area contributed by atoms with E-state index in [4.69, 9.17) is 10.7 Å². The number of benzene rings is 2. The van der Waals surface area contributed by atoms with Crippen molar-refractivity contribution in [3.63, 3.8) is 0 Å². The lowest BCUT2D eigenvalue weighted by Gasteiger charge is -2.15. The fraction of sp³-hybridized carbons (Fsp3) is 0.0870. The van der Waals surface area contributed by atoms with E-state index in [1.54, 1.807) is 12.4 Å². The molecular formula is C23H19N5. The van der Waals surface area contributed by atoms with Crippen LogP contribution in [-0.2, 0) is 0 Å². The summed E-state index contributed by atoms with van der Waals surface area (Å²) in [5.41, 5.74) is 10.9. The number of nitrogens with one attached hydrogen (secondary N) is 1. The molecular weight excluding hydrogens is 346 g/mol. The second-order valence-electron chi connectivity index (χ2n) is 6.84. The Morgan fingerprint density at radius 2 is 1.71 bits per heavy atom. The SMILES string of the molecule is NCC(c1ccc2ccccc2c1)c1ccc2c(-c3ccncc3)[nH]nc2n1. The van der Waals surface area contributed by atoms with Crippen LogP contribution in [-0.4, -0.2) is 26.7 Å². The van der Waals surface area contributed by atoms with Crippen molar-refractivity contribution in [1.29, 1.82) is 0 Å². The average Bonchev–Trinajstić information content (AvgIpc) is 3.18. The smallest absolute Gasteiger partial charge is 0.181 e. The second kappa shape index (κ2) is 6.87. The fourth-order valence-electron chi connectivity index (χ4n) is 3.70. The molecule has 0 spiro atoms. The van der Waals surface area contributed by atoms with E-state index in [9.17, 15) is 0 Å². The van der Waals surface area contributed by atoms with E-state index >= 15 is 0 Å².